The number of nitrogens with zero attached hydrogens (tertiary/aromatic N) is 2. The molecular formula is C12H15N3O3S. The smallest absolute Gasteiger partial charge is 0.323 e. The molecule has 1 unspecified atom stereocenters. The highest BCUT2D eigenvalue weighted by molar-refractivity contribution is 7.13. The Labute approximate surface area is 114 Å². The Balaban J connectivity index is 2.03. The van der Waals surface area contributed by atoms with Crippen LogP contribution in [0.1, 0.15) is 26.2 Å². The van der Waals surface area contributed by atoms with Gasteiger partial charge in [-0.3, -0.25) is 10.1 Å². The van der Waals surface area contributed by atoms with Crippen LogP contribution < -0.4 is 5.32 Å². The lowest BCUT2D eigenvalue weighted by molar-refractivity contribution is -0.144. The van der Waals surface area contributed by atoms with Crippen LogP contribution in [0.4, 0.5) is 0 Å². The van der Waals surface area contributed by atoms with E-state index in [-0.39, 0.29) is 6.54 Å². The van der Waals surface area contributed by atoms with Crippen LogP contribution in [0.15, 0.2) is 22.0 Å². The molecule has 0 saturated carbocycles. The van der Waals surface area contributed by atoms with Crippen LogP contribution in [0.2, 0.25) is 0 Å². The van der Waals surface area contributed by atoms with Gasteiger partial charge in [0.05, 0.1) is 11.4 Å². The second-order valence-electron chi connectivity index (χ2n) is 4.33. The predicted molar refractivity (Wildman–Crippen MR) is 70.8 cm³/mol. The van der Waals surface area contributed by atoms with Crippen molar-refractivity contribution in [1.29, 1.82) is 0 Å². The minimum absolute atomic E-state index is 0.231. The van der Waals surface area contributed by atoms with Gasteiger partial charge < -0.3 is 9.63 Å². The van der Waals surface area contributed by atoms with Crippen molar-refractivity contribution in [2.45, 2.75) is 32.4 Å². The maximum Gasteiger partial charge on any atom is 0.323 e. The lowest BCUT2D eigenvalue weighted by atomic mass is 9.99. The molecule has 0 bridgehead atoms. The van der Waals surface area contributed by atoms with Crippen LogP contribution in [-0.2, 0) is 11.3 Å². The first-order valence-corrected chi connectivity index (χ1v) is 6.78. The molecule has 1 atom stereocenters. The standard InChI is InChI=1S/C12H15N3O3S/c1-3-12(2,11(16)17)13-7-9-14-10(15-18-9)8-5-4-6-19-8/h4-6,13H,3,7H2,1-2H3,(H,16,17). The molecule has 0 aromatic carbocycles. The third-order valence-corrected chi connectivity index (χ3v) is 3.88. The molecule has 0 amide bonds. The summed E-state index contributed by atoms with van der Waals surface area (Å²) < 4.78 is 5.10. The Morgan fingerprint density at radius 1 is 1.63 bits per heavy atom. The number of thiophene rings is 1. The monoisotopic (exact) mass is 281 g/mol. The fourth-order valence-corrected chi connectivity index (χ4v) is 2.10. The van der Waals surface area contributed by atoms with Crippen molar-refractivity contribution in [2.24, 2.45) is 0 Å². The van der Waals surface area contributed by atoms with Gasteiger partial charge in [0.15, 0.2) is 0 Å². The van der Waals surface area contributed by atoms with Crippen molar-refractivity contribution in [1.82, 2.24) is 15.5 Å². The molecule has 0 saturated heterocycles. The summed E-state index contributed by atoms with van der Waals surface area (Å²) >= 11 is 1.52. The molecule has 2 heterocycles. The number of carboxylic acids is 1. The minimum atomic E-state index is -0.989. The van der Waals surface area contributed by atoms with Gasteiger partial charge in [0.1, 0.15) is 5.54 Å². The molecule has 0 fully saturated rings. The summed E-state index contributed by atoms with van der Waals surface area (Å²) in [7, 11) is 0. The summed E-state index contributed by atoms with van der Waals surface area (Å²) in [4.78, 5) is 16.3. The molecule has 2 aromatic rings. The molecule has 19 heavy (non-hydrogen) atoms. The number of aliphatic carboxylic acids is 1. The van der Waals surface area contributed by atoms with E-state index in [2.05, 4.69) is 15.5 Å². The van der Waals surface area contributed by atoms with E-state index in [1.165, 1.54) is 11.3 Å². The summed E-state index contributed by atoms with van der Waals surface area (Å²) in [6.07, 6.45) is 0.467. The van der Waals surface area contributed by atoms with Gasteiger partial charge in [0, 0.05) is 0 Å². The highest BCUT2D eigenvalue weighted by Gasteiger charge is 2.30. The minimum Gasteiger partial charge on any atom is -0.480 e. The van der Waals surface area contributed by atoms with Crippen LogP contribution in [0.3, 0.4) is 0 Å². The van der Waals surface area contributed by atoms with Gasteiger partial charge in [-0.2, -0.15) is 4.98 Å². The van der Waals surface area contributed by atoms with Crippen LogP contribution in [0, 0.1) is 0 Å². The average Bonchev–Trinajstić information content (AvgIpc) is 3.05. The van der Waals surface area contributed by atoms with E-state index < -0.39 is 11.5 Å². The van der Waals surface area contributed by atoms with Crippen LogP contribution in [-0.4, -0.2) is 26.8 Å². The topological polar surface area (TPSA) is 88.3 Å². The van der Waals surface area contributed by atoms with E-state index in [0.717, 1.165) is 4.88 Å². The summed E-state index contributed by atoms with van der Waals surface area (Å²) in [5.41, 5.74) is -0.989. The zero-order valence-electron chi connectivity index (χ0n) is 10.7. The molecule has 2 aromatic heterocycles. The Morgan fingerprint density at radius 3 is 3.00 bits per heavy atom. The van der Waals surface area contributed by atoms with E-state index in [1.807, 2.05) is 24.4 Å². The molecule has 6 nitrogen and oxygen atoms in total. The molecule has 7 heteroatoms. The normalized spacial score (nSPS) is 14.2. The lowest BCUT2D eigenvalue weighted by Crippen LogP contribution is -2.48. The van der Waals surface area contributed by atoms with Gasteiger partial charge in [0.25, 0.3) is 0 Å². The number of carbonyl (C=O) groups is 1. The van der Waals surface area contributed by atoms with E-state index in [0.29, 0.717) is 18.1 Å². The lowest BCUT2D eigenvalue weighted by Gasteiger charge is -2.23. The zero-order valence-corrected chi connectivity index (χ0v) is 11.5. The van der Waals surface area contributed by atoms with Gasteiger partial charge in [-0.05, 0) is 24.8 Å². The third-order valence-electron chi connectivity index (χ3n) is 3.02. The van der Waals surface area contributed by atoms with E-state index in [1.54, 1.807) is 6.92 Å². The first-order chi connectivity index (χ1) is 9.05. The summed E-state index contributed by atoms with van der Waals surface area (Å²) in [5, 5.41) is 17.9. The molecule has 0 radical (unpaired) electrons. The van der Waals surface area contributed by atoms with Gasteiger partial charge in [-0.15, -0.1) is 11.3 Å². The van der Waals surface area contributed by atoms with Crippen LogP contribution in [0.5, 0.6) is 0 Å². The number of aromatic nitrogens is 2. The van der Waals surface area contributed by atoms with Gasteiger partial charge in [-0.25, -0.2) is 0 Å². The molecule has 2 rings (SSSR count). The van der Waals surface area contributed by atoms with E-state index in [9.17, 15) is 4.79 Å². The molecular weight excluding hydrogens is 266 g/mol. The maximum atomic E-state index is 11.1. The third kappa shape index (κ3) is 2.99. The second kappa shape index (κ2) is 5.50. The van der Waals surface area contributed by atoms with E-state index >= 15 is 0 Å². The Morgan fingerprint density at radius 2 is 2.42 bits per heavy atom. The fourth-order valence-electron chi connectivity index (χ4n) is 1.46. The molecule has 102 valence electrons. The zero-order chi connectivity index (χ0) is 13.9. The van der Waals surface area contributed by atoms with Crippen molar-refractivity contribution in [3.63, 3.8) is 0 Å². The summed E-state index contributed by atoms with van der Waals surface area (Å²) in [6.45, 7) is 3.67. The number of hydrogen-bond acceptors (Lipinski definition) is 6. The van der Waals surface area contributed by atoms with Crippen LogP contribution in [0.25, 0.3) is 10.7 Å². The molecule has 2 N–H and O–H groups in total. The molecule has 0 aliphatic rings. The molecule has 0 spiro atoms. The Hall–Kier alpha value is -1.73. The van der Waals surface area contributed by atoms with Crippen molar-refractivity contribution in [2.75, 3.05) is 0 Å². The van der Waals surface area contributed by atoms with Gasteiger partial charge in [-0.1, -0.05) is 18.1 Å². The number of hydrogen-bond donors (Lipinski definition) is 2. The van der Waals surface area contributed by atoms with E-state index in [4.69, 9.17) is 9.63 Å². The van der Waals surface area contributed by atoms with Gasteiger partial charge >= 0.3 is 5.97 Å². The molecule has 0 aliphatic carbocycles. The Bertz CT molecular complexity index is 552. The number of nitrogens with one attached hydrogen (secondary N) is 1. The van der Waals surface area contributed by atoms with Crippen molar-refractivity contribution >= 4 is 17.3 Å². The van der Waals surface area contributed by atoms with Crippen molar-refractivity contribution in [3.8, 4) is 10.7 Å². The quantitative estimate of drug-likeness (QED) is 0.843. The fraction of sp³-hybridized carbons (Fsp3) is 0.417. The average molecular weight is 281 g/mol. The SMILES string of the molecule is CCC(C)(NCc1nc(-c2cccs2)no1)C(=O)O. The number of rotatable bonds is 6. The Kier molecular flexibility index (Phi) is 3.96. The highest BCUT2D eigenvalue weighted by Crippen LogP contribution is 2.21. The first kappa shape index (κ1) is 13.7. The van der Waals surface area contributed by atoms with Gasteiger partial charge in [0.2, 0.25) is 11.7 Å². The highest BCUT2D eigenvalue weighted by atomic mass is 32.1. The predicted octanol–water partition coefficient (Wildman–Crippen LogP) is 2.14. The maximum absolute atomic E-state index is 11.1. The number of carboxylic acid groups (broad SMARTS) is 1. The van der Waals surface area contributed by atoms with Crippen molar-refractivity contribution < 1.29 is 14.4 Å². The van der Waals surface area contributed by atoms with Crippen LogP contribution >= 0.6 is 11.3 Å². The second-order valence-corrected chi connectivity index (χ2v) is 5.28. The largest absolute Gasteiger partial charge is 0.480 e. The summed E-state index contributed by atoms with van der Waals surface area (Å²) in [5.74, 6) is 0.0117. The van der Waals surface area contributed by atoms with Crippen molar-refractivity contribution in [3.05, 3.63) is 23.4 Å². The first-order valence-electron chi connectivity index (χ1n) is 5.90. The molecule has 0 aliphatic heterocycles. The summed E-state index contributed by atoms with van der Waals surface area (Å²) in [6, 6.07) is 3.81.